The zero-order valence-electron chi connectivity index (χ0n) is 15.3. The summed E-state index contributed by atoms with van der Waals surface area (Å²) in [6.45, 7) is 4.97. The fraction of sp³-hybridized carbons (Fsp3) is 0.474. The van der Waals surface area contributed by atoms with E-state index in [0.717, 1.165) is 53.3 Å². The maximum Gasteiger partial charge on any atom is 0.153 e. The van der Waals surface area contributed by atoms with Gasteiger partial charge in [-0.2, -0.15) is 5.10 Å². The van der Waals surface area contributed by atoms with Crippen molar-refractivity contribution in [3.8, 4) is 5.75 Å². The van der Waals surface area contributed by atoms with E-state index in [4.69, 9.17) is 13.9 Å². The highest BCUT2D eigenvalue weighted by atomic mass is 16.5. The zero-order chi connectivity index (χ0) is 18.1. The molecule has 1 unspecified atom stereocenters. The average molecular weight is 356 g/mol. The normalized spacial score (nSPS) is 21.3. The van der Waals surface area contributed by atoms with Gasteiger partial charge in [0.25, 0.3) is 0 Å². The summed E-state index contributed by atoms with van der Waals surface area (Å²) in [7, 11) is 1.68. The van der Waals surface area contributed by atoms with Crippen molar-refractivity contribution in [1.82, 2.24) is 20.5 Å². The van der Waals surface area contributed by atoms with E-state index < -0.39 is 0 Å². The van der Waals surface area contributed by atoms with E-state index >= 15 is 0 Å². The van der Waals surface area contributed by atoms with Crippen LogP contribution in [0.3, 0.4) is 0 Å². The highest BCUT2D eigenvalue weighted by Crippen LogP contribution is 2.33. The van der Waals surface area contributed by atoms with Crippen molar-refractivity contribution in [2.24, 2.45) is 0 Å². The van der Waals surface area contributed by atoms with Gasteiger partial charge in [0.1, 0.15) is 29.5 Å². The number of fused-ring (bicyclic) bond motifs is 1. The summed E-state index contributed by atoms with van der Waals surface area (Å²) in [6.07, 6.45) is 3.66. The molecule has 1 aromatic carbocycles. The van der Waals surface area contributed by atoms with Gasteiger partial charge in [0.05, 0.1) is 19.3 Å². The molecule has 4 rings (SSSR count). The van der Waals surface area contributed by atoms with Crippen molar-refractivity contribution in [2.45, 2.75) is 44.9 Å². The number of methoxy groups -OCH3 is 1. The lowest BCUT2D eigenvalue weighted by molar-refractivity contribution is 0.0387. The third-order valence-electron chi connectivity index (χ3n) is 5.07. The first kappa shape index (κ1) is 17.1. The van der Waals surface area contributed by atoms with Gasteiger partial charge < -0.3 is 19.2 Å². The van der Waals surface area contributed by atoms with Crippen LogP contribution in [0, 0.1) is 6.92 Å². The molecule has 3 aromatic rings. The Labute approximate surface area is 152 Å². The van der Waals surface area contributed by atoms with E-state index in [1.54, 1.807) is 7.11 Å². The Morgan fingerprint density at radius 1 is 1.38 bits per heavy atom. The number of furan rings is 1. The second-order valence-corrected chi connectivity index (χ2v) is 6.78. The molecule has 1 aliphatic heterocycles. The fourth-order valence-corrected chi connectivity index (χ4v) is 3.59. The van der Waals surface area contributed by atoms with Crippen LogP contribution < -0.4 is 10.1 Å². The molecular formula is C19H24N4O3. The number of aromatic amines is 1. The predicted molar refractivity (Wildman–Crippen MR) is 97.2 cm³/mol. The van der Waals surface area contributed by atoms with Gasteiger partial charge in [0.15, 0.2) is 5.82 Å². The number of benzene rings is 1. The van der Waals surface area contributed by atoms with E-state index in [1.165, 1.54) is 6.33 Å². The lowest BCUT2D eigenvalue weighted by atomic mass is 10.1. The second kappa shape index (κ2) is 7.09. The molecule has 2 N–H and O–H groups in total. The van der Waals surface area contributed by atoms with Gasteiger partial charge in [-0.15, -0.1) is 0 Å². The Morgan fingerprint density at radius 2 is 2.27 bits per heavy atom. The molecule has 0 amide bonds. The number of hydrogen-bond acceptors (Lipinski definition) is 6. The second-order valence-electron chi connectivity index (χ2n) is 6.78. The van der Waals surface area contributed by atoms with E-state index in [-0.39, 0.29) is 18.2 Å². The molecule has 0 bridgehead atoms. The van der Waals surface area contributed by atoms with Gasteiger partial charge in [-0.25, -0.2) is 4.98 Å². The van der Waals surface area contributed by atoms with Crippen LogP contribution in [0.1, 0.15) is 49.1 Å². The summed E-state index contributed by atoms with van der Waals surface area (Å²) in [5, 5.41) is 11.4. The van der Waals surface area contributed by atoms with Crippen molar-refractivity contribution in [3.05, 3.63) is 41.7 Å². The summed E-state index contributed by atoms with van der Waals surface area (Å²) >= 11 is 0. The van der Waals surface area contributed by atoms with Crippen LogP contribution >= 0.6 is 0 Å². The lowest BCUT2D eigenvalue weighted by Gasteiger charge is -2.17. The Hall–Kier alpha value is -2.38. The van der Waals surface area contributed by atoms with E-state index in [9.17, 15) is 0 Å². The summed E-state index contributed by atoms with van der Waals surface area (Å²) in [5.74, 6) is 2.60. The lowest BCUT2D eigenvalue weighted by Crippen LogP contribution is -2.29. The molecule has 1 aliphatic rings. The largest absolute Gasteiger partial charge is 0.497 e. The van der Waals surface area contributed by atoms with Crippen molar-refractivity contribution in [1.29, 1.82) is 0 Å². The van der Waals surface area contributed by atoms with Crippen molar-refractivity contribution in [2.75, 3.05) is 13.7 Å². The van der Waals surface area contributed by atoms with Crippen molar-refractivity contribution < 1.29 is 13.9 Å². The molecule has 2 aromatic heterocycles. The standard InChI is InChI=1S/C19H24N4O3/c1-11-15-8-13(24-3)4-6-16(15)26-18(11)12(2)20-9-14-5-7-17(25-14)19-21-10-22-23-19/h4,6,8,10,12,14,17,20H,5,7,9H2,1-3H3,(H,21,22,23)/t12?,14-,17+/m1/s1. The molecule has 3 atom stereocenters. The predicted octanol–water partition coefficient (Wildman–Crippen LogP) is 3.44. The van der Waals surface area contributed by atoms with Crippen molar-refractivity contribution in [3.63, 3.8) is 0 Å². The Kier molecular flexibility index (Phi) is 4.65. The van der Waals surface area contributed by atoms with E-state index in [0.29, 0.717) is 0 Å². The topological polar surface area (TPSA) is 85.2 Å². The van der Waals surface area contributed by atoms with Crippen LogP contribution in [0.5, 0.6) is 5.75 Å². The van der Waals surface area contributed by atoms with Gasteiger partial charge >= 0.3 is 0 Å². The van der Waals surface area contributed by atoms with Crippen LogP contribution in [0.25, 0.3) is 11.0 Å². The number of aryl methyl sites for hydroxylation is 1. The minimum Gasteiger partial charge on any atom is -0.497 e. The maximum absolute atomic E-state index is 6.07. The van der Waals surface area contributed by atoms with Gasteiger partial charge in [-0.05, 0) is 44.9 Å². The van der Waals surface area contributed by atoms with E-state index in [1.807, 2.05) is 18.2 Å². The Bertz CT molecular complexity index is 874. The molecule has 1 saturated heterocycles. The molecule has 0 saturated carbocycles. The molecule has 0 radical (unpaired) electrons. The smallest absolute Gasteiger partial charge is 0.153 e. The first-order valence-electron chi connectivity index (χ1n) is 8.97. The molecule has 0 aliphatic carbocycles. The molecule has 138 valence electrons. The average Bonchev–Trinajstić information content (AvgIpc) is 3.39. The van der Waals surface area contributed by atoms with Crippen LogP contribution in [0.15, 0.2) is 28.9 Å². The summed E-state index contributed by atoms with van der Waals surface area (Å²) < 4.78 is 17.5. The summed E-state index contributed by atoms with van der Waals surface area (Å²) in [5.41, 5.74) is 2.03. The van der Waals surface area contributed by atoms with Gasteiger partial charge in [-0.3, -0.25) is 5.10 Å². The van der Waals surface area contributed by atoms with Crippen LogP contribution in [-0.2, 0) is 4.74 Å². The first-order valence-corrected chi connectivity index (χ1v) is 8.97. The zero-order valence-corrected chi connectivity index (χ0v) is 15.3. The number of rotatable bonds is 6. The van der Waals surface area contributed by atoms with Crippen LogP contribution in [-0.4, -0.2) is 34.9 Å². The fourth-order valence-electron chi connectivity index (χ4n) is 3.59. The highest BCUT2D eigenvalue weighted by molar-refractivity contribution is 5.83. The third-order valence-corrected chi connectivity index (χ3v) is 5.07. The quantitative estimate of drug-likeness (QED) is 0.704. The molecule has 3 heterocycles. The van der Waals surface area contributed by atoms with Gasteiger partial charge in [0, 0.05) is 17.5 Å². The third kappa shape index (κ3) is 3.20. The first-order chi connectivity index (χ1) is 12.7. The summed E-state index contributed by atoms with van der Waals surface area (Å²) in [4.78, 5) is 4.19. The monoisotopic (exact) mass is 356 g/mol. The summed E-state index contributed by atoms with van der Waals surface area (Å²) in [6, 6.07) is 6.00. The van der Waals surface area contributed by atoms with Crippen LogP contribution in [0.4, 0.5) is 0 Å². The molecule has 0 spiro atoms. The van der Waals surface area contributed by atoms with Gasteiger partial charge in [-0.1, -0.05) is 0 Å². The molecule has 26 heavy (non-hydrogen) atoms. The number of nitrogens with zero attached hydrogens (tertiary/aromatic N) is 2. The SMILES string of the molecule is COc1ccc2oc(C(C)NC[C@H]3CC[C@@H](c4ncn[nH]4)O3)c(C)c2c1. The number of hydrogen-bond donors (Lipinski definition) is 2. The molecule has 7 heteroatoms. The number of aromatic nitrogens is 3. The molecule has 1 fully saturated rings. The van der Waals surface area contributed by atoms with Crippen molar-refractivity contribution >= 4 is 11.0 Å². The van der Waals surface area contributed by atoms with Crippen LogP contribution in [0.2, 0.25) is 0 Å². The molecular weight excluding hydrogens is 332 g/mol. The number of nitrogens with one attached hydrogen (secondary N) is 2. The van der Waals surface area contributed by atoms with E-state index in [2.05, 4.69) is 34.3 Å². The minimum absolute atomic E-state index is 0.0139. The maximum atomic E-state index is 6.07. The minimum atomic E-state index is 0.0139. The van der Waals surface area contributed by atoms with Gasteiger partial charge in [0.2, 0.25) is 0 Å². The Morgan fingerprint density at radius 3 is 3.04 bits per heavy atom. The highest BCUT2D eigenvalue weighted by Gasteiger charge is 2.29. The Balaban J connectivity index is 1.40. The molecule has 7 nitrogen and oxygen atoms in total. The number of H-pyrrole nitrogens is 1. The number of ether oxygens (including phenoxy) is 2.